The summed E-state index contributed by atoms with van der Waals surface area (Å²) in [6, 6.07) is 11.2. The van der Waals surface area contributed by atoms with Crippen LogP contribution in [0.1, 0.15) is 28.7 Å². The third-order valence-electron chi connectivity index (χ3n) is 4.88. The van der Waals surface area contributed by atoms with Gasteiger partial charge in [0.25, 0.3) is 5.91 Å². The summed E-state index contributed by atoms with van der Waals surface area (Å²) in [5, 5.41) is 0.986. The molecule has 0 atom stereocenters. The van der Waals surface area contributed by atoms with Crippen LogP contribution in [0.4, 0.5) is 0 Å². The van der Waals surface area contributed by atoms with Crippen LogP contribution in [-0.4, -0.2) is 18.5 Å². The Morgan fingerprint density at radius 1 is 1.11 bits per heavy atom. The molecule has 0 saturated carbocycles. The molecular formula is C22H21NO5. The van der Waals surface area contributed by atoms with Gasteiger partial charge in [0.1, 0.15) is 17.9 Å². The maximum absolute atomic E-state index is 12.3. The zero-order valence-corrected chi connectivity index (χ0v) is 15.4. The van der Waals surface area contributed by atoms with Gasteiger partial charge < -0.3 is 19.6 Å². The number of carbonyl (C=O) groups is 2. The highest BCUT2D eigenvalue weighted by Gasteiger charge is 2.17. The number of rotatable bonds is 7. The molecule has 144 valence electrons. The third-order valence-corrected chi connectivity index (χ3v) is 4.88. The average molecular weight is 379 g/mol. The van der Waals surface area contributed by atoms with E-state index in [9.17, 15) is 9.59 Å². The second-order valence-electron chi connectivity index (χ2n) is 6.97. The Labute approximate surface area is 162 Å². The van der Waals surface area contributed by atoms with Crippen molar-refractivity contribution in [3.63, 3.8) is 0 Å². The van der Waals surface area contributed by atoms with Crippen LogP contribution >= 0.6 is 0 Å². The fourth-order valence-electron chi connectivity index (χ4n) is 3.53. The Hall–Kier alpha value is -3.28. The summed E-state index contributed by atoms with van der Waals surface area (Å²) < 4.78 is 16.3. The van der Waals surface area contributed by atoms with Gasteiger partial charge in [-0.05, 0) is 60.2 Å². The van der Waals surface area contributed by atoms with Gasteiger partial charge in [0, 0.05) is 10.9 Å². The molecule has 4 rings (SSSR count). The minimum absolute atomic E-state index is 0.123. The van der Waals surface area contributed by atoms with Crippen LogP contribution < -0.4 is 10.5 Å². The van der Waals surface area contributed by atoms with Crippen molar-refractivity contribution >= 4 is 22.8 Å². The Morgan fingerprint density at radius 3 is 2.75 bits per heavy atom. The van der Waals surface area contributed by atoms with Crippen molar-refractivity contribution in [2.24, 2.45) is 5.73 Å². The van der Waals surface area contributed by atoms with Gasteiger partial charge in [-0.15, -0.1) is 0 Å². The van der Waals surface area contributed by atoms with Crippen LogP contribution in [0.25, 0.3) is 11.0 Å². The quantitative estimate of drug-likeness (QED) is 0.637. The van der Waals surface area contributed by atoms with Crippen molar-refractivity contribution in [2.75, 3.05) is 6.61 Å². The smallest absolute Gasteiger partial charge is 0.310 e. The number of aryl methyl sites for hydroxylation is 2. The van der Waals surface area contributed by atoms with Crippen molar-refractivity contribution < 1.29 is 23.5 Å². The van der Waals surface area contributed by atoms with Crippen molar-refractivity contribution in [2.45, 2.75) is 32.3 Å². The van der Waals surface area contributed by atoms with Gasteiger partial charge in [-0.25, -0.2) is 0 Å². The molecule has 0 fully saturated rings. The normalized spacial score (nSPS) is 12.7. The molecule has 0 saturated heterocycles. The lowest BCUT2D eigenvalue weighted by Gasteiger charge is -2.08. The van der Waals surface area contributed by atoms with Crippen LogP contribution in [0.2, 0.25) is 0 Å². The molecule has 0 bridgehead atoms. The molecular weight excluding hydrogens is 358 g/mol. The van der Waals surface area contributed by atoms with E-state index in [-0.39, 0.29) is 25.6 Å². The molecule has 1 heterocycles. The number of hydrogen-bond acceptors (Lipinski definition) is 5. The van der Waals surface area contributed by atoms with E-state index < -0.39 is 5.91 Å². The number of hydrogen-bond donors (Lipinski definition) is 1. The molecule has 0 spiro atoms. The lowest BCUT2D eigenvalue weighted by molar-refractivity contribution is -0.144. The standard InChI is InChI=1S/C22H21NO5/c23-21(24)13-26-18-6-1-3-14(7-18)11-28-22(25)10-17-12-27-20-9-16-5-2-4-15(16)8-19(17)20/h1,3,6-9,12H,2,4-5,10-11,13H2,(H2,23,24). The van der Waals surface area contributed by atoms with Crippen LogP contribution in [0.5, 0.6) is 5.75 Å². The van der Waals surface area contributed by atoms with Gasteiger partial charge in [-0.1, -0.05) is 12.1 Å². The highest BCUT2D eigenvalue weighted by Crippen LogP contribution is 2.30. The van der Waals surface area contributed by atoms with E-state index in [1.54, 1.807) is 24.5 Å². The Kier molecular flexibility index (Phi) is 5.02. The van der Waals surface area contributed by atoms with Gasteiger partial charge in [0.05, 0.1) is 12.7 Å². The predicted octanol–water partition coefficient (Wildman–Crippen LogP) is 3.07. The molecule has 0 unspecified atom stereocenters. The summed E-state index contributed by atoms with van der Waals surface area (Å²) in [5.74, 6) is -0.372. The number of furan rings is 1. The first kappa shape index (κ1) is 18.1. The van der Waals surface area contributed by atoms with Crippen LogP contribution in [0.3, 0.4) is 0 Å². The first-order valence-electron chi connectivity index (χ1n) is 9.26. The molecule has 1 amide bonds. The van der Waals surface area contributed by atoms with E-state index >= 15 is 0 Å². The maximum Gasteiger partial charge on any atom is 0.310 e. The molecule has 1 aliphatic carbocycles. The predicted molar refractivity (Wildman–Crippen MR) is 103 cm³/mol. The van der Waals surface area contributed by atoms with Crippen molar-refractivity contribution in [3.8, 4) is 5.75 Å². The van der Waals surface area contributed by atoms with Gasteiger partial charge >= 0.3 is 5.97 Å². The zero-order valence-electron chi connectivity index (χ0n) is 15.4. The summed E-state index contributed by atoms with van der Waals surface area (Å²) in [7, 11) is 0. The molecule has 3 aromatic rings. The van der Waals surface area contributed by atoms with E-state index in [1.807, 2.05) is 6.07 Å². The maximum atomic E-state index is 12.3. The van der Waals surface area contributed by atoms with Gasteiger partial charge in [0.2, 0.25) is 0 Å². The summed E-state index contributed by atoms with van der Waals surface area (Å²) >= 11 is 0. The van der Waals surface area contributed by atoms with E-state index in [0.717, 1.165) is 34.9 Å². The minimum atomic E-state index is -0.546. The number of amides is 1. The van der Waals surface area contributed by atoms with Crippen molar-refractivity contribution in [1.29, 1.82) is 0 Å². The molecule has 6 heteroatoms. The van der Waals surface area contributed by atoms with Gasteiger partial charge in [-0.3, -0.25) is 9.59 Å². The number of esters is 1. The van der Waals surface area contributed by atoms with Crippen molar-refractivity contribution in [1.82, 2.24) is 0 Å². The molecule has 2 aromatic carbocycles. The Balaban J connectivity index is 1.38. The van der Waals surface area contributed by atoms with E-state index in [4.69, 9.17) is 19.6 Å². The zero-order chi connectivity index (χ0) is 19.5. The SMILES string of the molecule is NC(=O)COc1cccc(COC(=O)Cc2coc3cc4c(cc23)CCC4)c1. The monoisotopic (exact) mass is 379 g/mol. The van der Waals surface area contributed by atoms with Crippen LogP contribution in [-0.2, 0) is 40.2 Å². The summed E-state index contributed by atoms with van der Waals surface area (Å²) in [4.78, 5) is 23.1. The summed E-state index contributed by atoms with van der Waals surface area (Å²) in [5.41, 5.74) is 10.2. The van der Waals surface area contributed by atoms with Gasteiger partial charge in [-0.2, -0.15) is 0 Å². The molecule has 1 aromatic heterocycles. The number of benzene rings is 2. The molecule has 2 N–H and O–H groups in total. The van der Waals surface area contributed by atoms with Crippen LogP contribution in [0.15, 0.2) is 47.1 Å². The van der Waals surface area contributed by atoms with E-state index in [1.165, 1.54) is 17.5 Å². The topological polar surface area (TPSA) is 91.8 Å². The van der Waals surface area contributed by atoms with E-state index in [2.05, 4.69) is 12.1 Å². The molecule has 28 heavy (non-hydrogen) atoms. The number of nitrogens with two attached hydrogens (primary N) is 1. The van der Waals surface area contributed by atoms with Crippen LogP contribution in [0, 0.1) is 0 Å². The second kappa shape index (κ2) is 7.76. The fraction of sp³-hybridized carbons (Fsp3) is 0.273. The fourth-order valence-corrected chi connectivity index (χ4v) is 3.53. The minimum Gasteiger partial charge on any atom is -0.484 e. The lowest BCUT2D eigenvalue weighted by atomic mass is 10.0. The number of carbonyl (C=O) groups excluding carboxylic acids is 2. The lowest BCUT2D eigenvalue weighted by Crippen LogP contribution is -2.20. The number of ether oxygens (including phenoxy) is 2. The third kappa shape index (κ3) is 4.01. The molecule has 6 nitrogen and oxygen atoms in total. The number of primary amides is 1. The van der Waals surface area contributed by atoms with E-state index in [0.29, 0.717) is 5.75 Å². The van der Waals surface area contributed by atoms with Crippen molar-refractivity contribution in [3.05, 3.63) is 64.9 Å². The molecule has 0 aliphatic heterocycles. The largest absolute Gasteiger partial charge is 0.484 e. The highest BCUT2D eigenvalue weighted by molar-refractivity contribution is 5.87. The Morgan fingerprint density at radius 2 is 1.93 bits per heavy atom. The first-order chi connectivity index (χ1) is 13.6. The highest BCUT2D eigenvalue weighted by atomic mass is 16.5. The second-order valence-corrected chi connectivity index (χ2v) is 6.97. The first-order valence-corrected chi connectivity index (χ1v) is 9.26. The van der Waals surface area contributed by atoms with Gasteiger partial charge in [0.15, 0.2) is 6.61 Å². The Bertz CT molecular complexity index is 1040. The molecule has 0 radical (unpaired) electrons. The summed E-state index contributed by atoms with van der Waals surface area (Å²) in [6.45, 7) is -0.0711. The molecule has 1 aliphatic rings. The average Bonchev–Trinajstić information content (AvgIpc) is 3.30. The number of fused-ring (bicyclic) bond motifs is 2. The summed E-state index contributed by atoms with van der Waals surface area (Å²) in [6.07, 6.45) is 5.13.